The summed E-state index contributed by atoms with van der Waals surface area (Å²) in [4.78, 5) is 12.6. The number of hydrogen-bond acceptors (Lipinski definition) is 4. The van der Waals surface area contributed by atoms with E-state index in [1.54, 1.807) is 7.11 Å². The molecule has 1 amide bonds. The minimum atomic E-state index is -0.106. The van der Waals surface area contributed by atoms with E-state index in [1.165, 1.54) is 11.8 Å². The Morgan fingerprint density at radius 1 is 1.21 bits per heavy atom. The summed E-state index contributed by atoms with van der Waals surface area (Å²) in [7, 11) is 1.60. The summed E-state index contributed by atoms with van der Waals surface area (Å²) in [6.07, 6.45) is 0. The predicted octanol–water partition coefficient (Wildman–Crippen LogP) is 4.10. The zero-order chi connectivity index (χ0) is 17.4. The van der Waals surface area contributed by atoms with Gasteiger partial charge in [-0.1, -0.05) is 24.3 Å². The molecule has 0 aliphatic carbocycles. The number of thioether (sulfide) groups is 1. The number of carbonyl (C=O) groups excluding carboxylic acids is 1. The Bertz CT molecular complexity index is 662. The molecule has 4 nitrogen and oxygen atoms in total. The molecule has 0 spiro atoms. The normalized spacial score (nSPS) is 11.8. The molecule has 0 bridgehead atoms. The molecule has 1 atom stereocenters. The van der Waals surface area contributed by atoms with E-state index >= 15 is 0 Å². The molecule has 0 aliphatic heterocycles. The maximum absolute atomic E-state index is 11.3. The van der Waals surface area contributed by atoms with Crippen LogP contribution in [-0.2, 0) is 4.79 Å². The number of benzene rings is 2. The summed E-state index contributed by atoms with van der Waals surface area (Å²) in [5.41, 5.74) is 1.82. The SMILES string of the molecule is COc1ccc([C@H](C)NCCSc2ccccc2)cc1NC(C)=O. The summed E-state index contributed by atoms with van der Waals surface area (Å²) in [5.74, 6) is 1.56. The van der Waals surface area contributed by atoms with E-state index in [4.69, 9.17) is 4.74 Å². The zero-order valence-corrected chi connectivity index (χ0v) is 15.2. The third-order valence-corrected chi connectivity index (χ3v) is 4.61. The van der Waals surface area contributed by atoms with Gasteiger partial charge in [-0.25, -0.2) is 0 Å². The maximum Gasteiger partial charge on any atom is 0.221 e. The highest BCUT2D eigenvalue weighted by atomic mass is 32.2. The highest BCUT2D eigenvalue weighted by Crippen LogP contribution is 2.28. The molecule has 0 heterocycles. The summed E-state index contributed by atoms with van der Waals surface area (Å²) in [6, 6.07) is 16.4. The van der Waals surface area contributed by atoms with E-state index in [2.05, 4.69) is 41.8 Å². The molecule has 0 unspecified atom stereocenters. The number of rotatable bonds is 8. The standard InChI is InChI=1S/C19H24N2O2S/c1-14(20-11-12-24-17-7-5-4-6-8-17)16-9-10-19(23-3)18(13-16)21-15(2)22/h4-10,13-14,20H,11-12H2,1-3H3,(H,21,22)/t14-/m0/s1. The average Bonchev–Trinajstić information content (AvgIpc) is 2.59. The molecule has 5 heteroatoms. The zero-order valence-electron chi connectivity index (χ0n) is 14.3. The van der Waals surface area contributed by atoms with E-state index in [-0.39, 0.29) is 11.9 Å². The largest absolute Gasteiger partial charge is 0.495 e. The van der Waals surface area contributed by atoms with Crippen LogP contribution in [0.2, 0.25) is 0 Å². The Balaban J connectivity index is 1.89. The number of ether oxygens (including phenoxy) is 1. The van der Waals surface area contributed by atoms with Gasteiger partial charge in [0.25, 0.3) is 0 Å². The van der Waals surface area contributed by atoms with Crippen LogP contribution in [0.5, 0.6) is 5.75 Å². The van der Waals surface area contributed by atoms with E-state index in [0.717, 1.165) is 17.9 Å². The highest BCUT2D eigenvalue weighted by Gasteiger charge is 2.10. The molecule has 0 saturated heterocycles. The van der Waals surface area contributed by atoms with Gasteiger partial charge in [-0.05, 0) is 36.8 Å². The Morgan fingerprint density at radius 3 is 2.62 bits per heavy atom. The first-order valence-electron chi connectivity index (χ1n) is 7.97. The molecule has 2 N–H and O–H groups in total. The number of anilines is 1. The fourth-order valence-corrected chi connectivity index (χ4v) is 3.17. The minimum Gasteiger partial charge on any atom is -0.495 e. The first-order chi connectivity index (χ1) is 11.6. The molecule has 0 aromatic heterocycles. The van der Waals surface area contributed by atoms with Gasteiger partial charge in [0, 0.05) is 30.2 Å². The molecule has 0 radical (unpaired) electrons. The van der Waals surface area contributed by atoms with Crippen molar-refractivity contribution in [1.82, 2.24) is 5.32 Å². The van der Waals surface area contributed by atoms with E-state index in [1.807, 2.05) is 36.0 Å². The number of hydrogen-bond donors (Lipinski definition) is 2. The average molecular weight is 344 g/mol. The topological polar surface area (TPSA) is 50.4 Å². The lowest BCUT2D eigenvalue weighted by Crippen LogP contribution is -2.21. The van der Waals surface area contributed by atoms with Crippen LogP contribution in [0.1, 0.15) is 25.5 Å². The van der Waals surface area contributed by atoms with E-state index in [9.17, 15) is 4.79 Å². The van der Waals surface area contributed by atoms with Crippen molar-refractivity contribution in [3.63, 3.8) is 0 Å². The Morgan fingerprint density at radius 2 is 1.96 bits per heavy atom. The number of amides is 1. The van der Waals surface area contributed by atoms with Crippen LogP contribution < -0.4 is 15.4 Å². The van der Waals surface area contributed by atoms with Crippen LogP contribution in [-0.4, -0.2) is 25.3 Å². The fraction of sp³-hybridized carbons (Fsp3) is 0.316. The van der Waals surface area contributed by atoms with E-state index < -0.39 is 0 Å². The van der Waals surface area contributed by atoms with Crippen molar-refractivity contribution in [2.24, 2.45) is 0 Å². The smallest absolute Gasteiger partial charge is 0.221 e. The van der Waals surface area contributed by atoms with E-state index in [0.29, 0.717) is 11.4 Å². The highest BCUT2D eigenvalue weighted by molar-refractivity contribution is 7.99. The van der Waals surface area contributed by atoms with Crippen LogP contribution in [0.15, 0.2) is 53.4 Å². The lowest BCUT2D eigenvalue weighted by molar-refractivity contribution is -0.114. The van der Waals surface area contributed by atoms with Gasteiger partial charge in [0.05, 0.1) is 12.8 Å². The number of methoxy groups -OCH3 is 1. The summed E-state index contributed by atoms with van der Waals surface area (Å²) < 4.78 is 5.29. The van der Waals surface area contributed by atoms with Crippen molar-refractivity contribution < 1.29 is 9.53 Å². The van der Waals surface area contributed by atoms with Crippen LogP contribution in [0.3, 0.4) is 0 Å². The molecule has 2 aromatic rings. The number of carbonyl (C=O) groups is 1. The molecule has 0 fully saturated rings. The van der Waals surface area contributed by atoms with Crippen molar-refractivity contribution in [1.29, 1.82) is 0 Å². The summed E-state index contributed by atoms with van der Waals surface area (Å²) in [5, 5.41) is 6.33. The second-order valence-electron chi connectivity index (χ2n) is 5.48. The number of nitrogens with one attached hydrogen (secondary N) is 2. The third-order valence-electron chi connectivity index (χ3n) is 3.60. The molecule has 0 saturated carbocycles. The first kappa shape index (κ1) is 18.4. The summed E-state index contributed by atoms with van der Waals surface area (Å²) >= 11 is 1.84. The van der Waals surface area contributed by atoms with Crippen LogP contribution in [0.25, 0.3) is 0 Å². The monoisotopic (exact) mass is 344 g/mol. The first-order valence-corrected chi connectivity index (χ1v) is 8.95. The molecular weight excluding hydrogens is 320 g/mol. The molecule has 2 rings (SSSR count). The summed E-state index contributed by atoms with van der Waals surface area (Å²) in [6.45, 7) is 4.52. The Hall–Kier alpha value is -1.98. The van der Waals surface area contributed by atoms with Crippen LogP contribution in [0.4, 0.5) is 5.69 Å². The van der Waals surface area contributed by atoms with Gasteiger partial charge < -0.3 is 15.4 Å². The Labute approximate surface area is 148 Å². The van der Waals surface area contributed by atoms with Gasteiger partial charge in [-0.15, -0.1) is 11.8 Å². The maximum atomic E-state index is 11.3. The molecule has 24 heavy (non-hydrogen) atoms. The quantitative estimate of drug-likeness (QED) is 0.559. The predicted molar refractivity (Wildman–Crippen MR) is 101 cm³/mol. The molecular formula is C19H24N2O2S. The minimum absolute atomic E-state index is 0.106. The second-order valence-corrected chi connectivity index (χ2v) is 6.65. The lowest BCUT2D eigenvalue weighted by atomic mass is 10.1. The van der Waals surface area contributed by atoms with Gasteiger partial charge in [0.15, 0.2) is 0 Å². The van der Waals surface area contributed by atoms with Crippen molar-refractivity contribution >= 4 is 23.4 Å². The molecule has 2 aromatic carbocycles. The van der Waals surface area contributed by atoms with Gasteiger partial charge >= 0.3 is 0 Å². The molecule has 0 aliphatic rings. The van der Waals surface area contributed by atoms with Crippen LogP contribution in [0, 0.1) is 0 Å². The van der Waals surface area contributed by atoms with Gasteiger partial charge in [-0.3, -0.25) is 4.79 Å². The van der Waals surface area contributed by atoms with Gasteiger partial charge in [0.1, 0.15) is 5.75 Å². The van der Waals surface area contributed by atoms with Crippen LogP contribution >= 0.6 is 11.8 Å². The van der Waals surface area contributed by atoms with Crippen molar-refractivity contribution in [2.45, 2.75) is 24.8 Å². The Kier molecular flexibility index (Phi) is 7.15. The van der Waals surface area contributed by atoms with Crippen molar-refractivity contribution in [3.8, 4) is 5.75 Å². The van der Waals surface area contributed by atoms with Gasteiger partial charge in [0.2, 0.25) is 5.91 Å². The fourth-order valence-electron chi connectivity index (χ4n) is 2.36. The van der Waals surface area contributed by atoms with Crippen molar-refractivity contribution in [2.75, 3.05) is 24.7 Å². The lowest BCUT2D eigenvalue weighted by Gasteiger charge is -2.17. The van der Waals surface area contributed by atoms with Gasteiger partial charge in [-0.2, -0.15) is 0 Å². The second kappa shape index (κ2) is 9.35. The van der Waals surface area contributed by atoms with Crippen molar-refractivity contribution in [3.05, 3.63) is 54.1 Å². The molecule has 128 valence electrons. The third kappa shape index (κ3) is 5.58.